The molecule has 0 aromatic carbocycles. The number of rotatable bonds is 20. The highest BCUT2D eigenvalue weighted by Gasteiger charge is 2.46. The quantitative estimate of drug-likeness (QED) is 0.0335. The second-order valence-corrected chi connectivity index (χ2v) is 27.9. The number of carbonyl (C=O) groups excluding carboxylic acids is 1. The number of ether oxygens (including phenoxy) is 1. The predicted molar refractivity (Wildman–Crippen MR) is 179 cm³/mol. The average molecular weight is 630 g/mol. The molecular weight excluding hydrogens is 567 g/mol. The Hall–Kier alpha value is -0.789. The largest absolute Gasteiger partial charge is 0.469 e. The van der Waals surface area contributed by atoms with Gasteiger partial charge < -0.3 is 22.9 Å². The number of esters is 1. The average Bonchev–Trinajstić information content (AvgIpc) is 3.11. The van der Waals surface area contributed by atoms with Crippen molar-refractivity contribution in [1.29, 1.82) is 0 Å². The van der Waals surface area contributed by atoms with Crippen LogP contribution in [0.5, 0.6) is 0 Å². The summed E-state index contributed by atoms with van der Waals surface area (Å²) in [6, 6.07) is 0. The van der Waals surface area contributed by atoms with Gasteiger partial charge in [0, 0.05) is 12.3 Å². The van der Waals surface area contributed by atoms with Crippen molar-refractivity contribution in [2.75, 3.05) is 14.2 Å². The normalized spacial score (nSPS) is 23.3. The Labute approximate surface area is 255 Å². The van der Waals surface area contributed by atoms with E-state index >= 15 is 0 Å². The molecule has 5 atom stereocenters. The maximum atomic E-state index is 11.6. The predicted octanol–water partition coefficient (Wildman–Crippen LogP) is 8.55. The second-order valence-electron chi connectivity index (χ2n) is 14.5. The minimum Gasteiger partial charge on any atom is -0.469 e. The van der Waals surface area contributed by atoms with Crippen molar-refractivity contribution in [2.24, 2.45) is 17.0 Å². The van der Waals surface area contributed by atoms with Crippen molar-refractivity contribution in [3.05, 3.63) is 12.2 Å². The number of hydrogen-bond acceptors (Lipinski definition) is 7. The molecule has 0 aromatic heterocycles. The van der Waals surface area contributed by atoms with E-state index in [-0.39, 0.29) is 36.1 Å². The lowest BCUT2D eigenvalue weighted by atomic mass is 9.87. The highest BCUT2D eigenvalue weighted by molar-refractivity contribution is 6.70. The van der Waals surface area contributed by atoms with Gasteiger partial charge in [-0.1, -0.05) is 43.5 Å². The molecule has 0 saturated heterocycles. The summed E-state index contributed by atoms with van der Waals surface area (Å²) in [7, 11) is -2.26. The number of oxime groups is 1. The number of carbonyl (C=O) groups is 1. The van der Waals surface area contributed by atoms with Crippen molar-refractivity contribution < 1.29 is 27.6 Å². The van der Waals surface area contributed by atoms with Crippen LogP contribution in [0.25, 0.3) is 0 Å². The van der Waals surface area contributed by atoms with Crippen LogP contribution in [0.3, 0.4) is 0 Å². The molecule has 1 aliphatic rings. The van der Waals surface area contributed by atoms with E-state index in [2.05, 4.69) is 83.2 Å². The fourth-order valence-corrected chi connectivity index (χ4v) is 9.02. The zero-order valence-electron chi connectivity index (χ0n) is 28.5. The minimum absolute atomic E-state index is 0.103. The third-order valence-corrected chi connectivity index (χ3v) is 10.1. The first-order valence-corrected chi connectivity index (χ1v) is 26.1. The van der Waals surface area contributed by atoms with Gasteiger partial charge in [-0.25, -0.2) is 0 Å². The number of nitrogens with zero attached hydrogens (tertiary/aromatic N) is 1. The van der Waals surface area contributed by atoms with Gasteiger partial charge in [0.15, 0.2) is 25.0 Å². The van der Waals surface area contributed by atoms with Gasteiger partial charge in [0.25, 0.3) is 0 Å². The number of hydrogen-bond donors (Lipinski definition) is 0. The molecule has 0 N–H and O–H groups in total. The van der Waals surface area contributed by atoms with Gasteiger partial charge in [-0.3, -0.25) is 4.79 Å². The van der Waals surface area contributed by atoms with Crippen LogP contribution in [0.15, 0.2) is 17.3 Å². The van der Waals surface area contributed by atoms with Crippen molar-refractivity contribution in [3.63, 3.8) is 0 Å². The first-order valence-electron chi connectivity index (χ1n) is 15.9. The SMILES string of the molecule is CCCCC[C@@H](/C=C/[C@@H]1[C@@H](C/C(CCCCC(=O)OC)=N/OC)[C@@H](O[Si](C)(C)C)C[C@H]1O[Si](C)(C)C)O[Si](C)(C)C. The van der Waals surface area contributed by atoms with Gasteiger partial charge in [-0.2, -0.15) is 0 Å². The molecule has 0 unspecified atom stereocenters. The van der Waals surface area contributed by atoms with E-state index in [0.717, 1.165) is 44.2 Å². The van der Waals surface area contributed by atoms with Gasteiger partial charge in [0.2, 0.25) is 0 Å². The van der Waals surface area contributed by atoms with Gasteiger partial charge in [0.1, 0.15) is 7.11 Å². The molecule has 10 heteroatoms. The van der Waals surface area contributed by atoms with Crippen molar-refractivity contribution in [3.8, 4) is 0 Å². The van der Waals surface area contributed by atoms with E-state index in [1.807, 2.05) is 0 Å². The molecule has 7 nitrogen and oxygen atoms in total. The number of methoxy groups -OCH3 is 1. The molecule has 0 bridgehead atoms. The molecule has 0 aromatic rings. The summed E-state index contributed by atoms with van der Waals surface area (Å²) in [4.78, 5) is 16.9. The summed E-state index contributed by atoms with van der Waals surface area (Å²) in [5.74, 6) is 0.274. The van der Waals surface area contributed by atoms with Gasteiger partial charge in [-0.05, 0) is 103 Å². The summed E-state index contributed by atoms with van der Waals surface area (Å²) in [5.41, 5.74) is 1.02. The van der Waals surface area contributed by atoms with E-state index in [1.165, 1.54) is 26.4 Å². The Morgan fingerprint density at radius 1 is 0.854 bits per heavy atom. The maximum Gasteiger partial charge on any atom is 0.305 e. The number of unbranched alkanes of at least 4 members (excludes halogenated alkanes) is 3. The van der Waals surface area contributed by atoms with Gasteiger partial charge in [0.05, 0.1) is 31.1 Å². The lowest BCUT2D eigenvalue weighted by Crippen LogP contribution is -2.36. The monoisotopic (exact) mass is 629 g/mol. The zero-order valence-corrected chi connectivity index (χ0v) is 31.5. The fraction of sp³-hybridized carbons (Fsp3) is 0.871. The molecule has 0 amide bonds. The van der Waals surface area contributed by atoms with Crippen LogP contribution in [0.1, 0.15) is 71.1 Å². The summed E-state index contributed by atoms with van der Waals surface area (Å²) in [5, 5.41) is 4.46. The van der Waals surface area contributed by atoms with E-state index in [0.29, 0.717) is 6.42 Å². The van der Waals surface area contributed by atoms with E-state index < -0.39 is 25.0 Å². The molecule has 1 aliphatic carbocycles. The molecule has 0 aliphatic heterocycles. The Morgan fingerprint density at radius 3 is 2.00 bits per heavy atom. The van der Waals surface area contributed by atoms with Crippen LogP contribution >= 0.6 is 0 Å². The van der Waals surface area contributed by atoms with Crippen molar-refractivity contribution in [2.45, 2.75) is 148 Å². The first kappa shape index (κ1) is 38.2. The van der Waals surface area contributed by atoms with Crippen LogP contribution < -0.4 is 0 Å². The van der Waals surface area contributed by atoms with Crippen LogP contribution in [-0.2, 0) is 27.6 Å². The second kappa shape index (κ2) is 18.1. The highest BCUT2D eigenvalue weighted by atomic mass is 28.4. The van der Waals surface area contributed by atoms with E-state index in [9.17, 15) is 4.79 Å². The molecule has 240 valence electrons. The lowest BCUT2D eigenvalue weighted by Gasteiger charge is -2.31. The van der Waals surface area contributed by atoms with E-state index in [4.69, 9.17) is 22.9 Å². The van der Waals surface area contributed by atoms with Crippen molar-refractivity contribution >= 4 is 36.6 Å². The maximum absolute atomic E-state index is 11.6. The Bertz CT molecular complexity index is 816. The Morgan fingerprint density at radius 2 is 1.46 bits per heavy atom. The minimum atomic E-state index is -1.81. The van der Waals surface area contributed by atoms with E-state index in [1.54, 1.807) is 7.11 Å². The highest BCUT2D eigenvalue weighted by Crippen LogP contribution is 2.42. The molecular formula is C31H63NO6Si3. The molecule has 1 rings (SSSR count). The Balaban J connectivity index is 3.35. The molecule has 1 saturated carbocycles. The molecule has 0 spiro atoms. The summed E-state index contributed by atoms with van der Waals surface area (Å²) in [6.45, 7) is 22.7. The first-order chi connectivity index (χ1) is 19.0. The summed E-state index contributed by atoms with van der Waals surface area (Å²) < 4.78 is 25.2. The molecule has 41 heavy (non-hydrogen) atoms. The van der Waals surface area contributed by atoms with Crippen molar-refractivity contribution in [1.82, 2.24) is 0 Å². The van der Waals surface area contributed by atoms with Gasteiger partial charge in [-0.15, -0.1) is 0 Å². The fourth-order valence-electron chi connectivity index (χ4n) is 5.57. The van der Waals surface area contributed by atoms with Crippen LogP contribution in [0, 0.1) is 11.8 Å². The topological polar surface area (TPSA) is 75.6 Å². The summed E-state index contributed by atoms with van der Waals surface area (Å²) >= 11 is 0. The lowest BCUT2D eigenvalue weighted by molar-refractivity contribution is -0.140. The zero-order chi connectivity index (χ0) is 31.3. The standard InChI is InChI=1S/C31H63NO6Si3/c1-13-14-15-19-26(36-39(4,5)6)21-22-27-28(23-25(32-35-3)18-16-17-20-31(33)34-2)30(38-41(10,11)12)24-29(27)37-40(7,8)9/h21-22,26-30H,13-20,23-24H2,1-12H3/b22-21+,32-25+/t26-,27+,28+,29+,30-/m0/s1. The molecule has 1 fully saturated rings. The third kappa shape index (κ3) is 17.2. The Kier molecular flexibility index (Phi) is 16.9. The summed E-state index contributed by atoms with van der Waals surface area (Å²) in [6.07, 6.45) is 14.3. The molecule has 0 heterocycles. The van der Waals surface area contributed by atoms with Crippen LogP contribution in [0.4, 0.5) is 0 Å². The smallest absolute Gasteiger partial charge is 0.305 e. The van der Waals surface area contributed by atoms with Gasteiger partial charge >= 0.3 is 5.97 Å². The van der Waals surface area contributed by atoms with Crippen LogP contribution in [0.2, 0.25) is 58.9 Å². The molecule has 0 radical (unpaired) electrons. The van der Waals surface area contributed by atoms with Crippen LogP contribution in [-0.4, -0.2) is 69.2 Å². The third-order valence-electron chi connectivity index (χ3n) is 7.04.